The molecule has 112 valence electrons. The number of nitrogens with zero attached hydrogens (tertiary/aromatic N) is 2. The summed E-state index contributed by atoms with van der Waals surface area (Å²) >= 11 is 0. The monoisotopic (exact) mass is 288 g/mol. The smallest absolute Gasteiger partial charge is 0.255 e. The third-order valence-electron chi connectivity index (χ3n) is 3.06. The average molecular weight is 288 g/mol. The Morgan fingerprint density at radius 1 is 1.38 bits per heavy atom. The minimum atomic E-state index is -0.931. The lowest BCUT2D eigenvalue weighted by Gasteiger charge is -2.26. The molecule has 0 saturated heterocycles. The summed E-state index contributed by atoms with van der Waals surface area (Å²) in [6.07, 6.45) is 1.59. The van der Waals surface area contributed by atoms with Gasteiger partial charge in [-0.2, -0.15) is 0 Å². The van der Waals surface area contributed by atoms with E-state index in [4.69, 9.17) is 4.42 Å². The summed E-state index contributed by atoms with van der Waals surface area (Å²) in [5, 5.41) is 9.80. The van der Waals surface area contributed by atoms with Crippen LogP contribution in [-0.2, 0) is 0 Å². The van der Waals surface area contributed by atoms with Gasteiger partial charge in [-0.1, -0.05) is 0 Å². The first-order valence-electron chi connectivity index (χ1n) is 6.77. The molecule has 0 unspecified atom stereocenters. The highest BCUT2D eigenvalue weighted by Gasteiger charge is 2.22. The molecular weight excluding hydrogens is 268 g/mol. The van der Waals surface area contributed by atoms with Crippen molar-refractivity contribution in [3.63, 3.8) is 0 Å². The van der Waals surface area contributed by atoms with Gasteiger partial charge in [0.2, 0.25) is 0 Å². The van der Waals surface area contributed by atoms with E-state index in [2.05, 4.69) is 4.98 Å². The fraction of sp³-hybridized carbons (Fsp3) is 0.375. The topological polar surface area (TPSA) is 66.6 Å². The molecule has 0 bridgehead atoms. The van der Waals surface area contributed by atoms with Crippen molar-refractivity contribution in [3.8, 4) is 11.5 Å². The molecule has 0 atom stereocenters. The number of hydrogen-bond donors (Lipinski definition) is 1. The molecule has 2 heterocycles. The number of amides is 1. The Morgan fingerprint density at radius 2 is 2.10 bits per heavy atom. The van der Waals surface area contributed by atoms with E-state index in [0.717, 1.165) is 0 Å². The number of carbonyl (C=O) groups is 1. The molecule has 0 saturated carbocycles. The lowest BCUT2D eigenvalue weighted by Crippen LogP contribution is -2.40. The third kappa shape index (κ3) is 3.70. The van der Waals surface area contributed by atoms with Crippen LogP contribution >= 0.6 is 0 Å². The number of aryl methyl sites for hydroxylation is 1. The molecular formula is C16H20N2O3. The molecule has 0 fully saturated rings. The Morgan fingerprint density at radius 3 is 2.62 bits per heavy atom. The highest BCUT2D eigenvalue weighted by molar-refractivity contribution is 5.95. The summed E-state index contributed by atoms with van der Waals surface area (Å²) in [6, 6.07) is 7.12. The lowest BCUT2D eigenvalue weighted by atomic mass is 10.1. The zero-order chi connectivity index (χ0) is 15.6. The zero-order valence-electron chi connectivity index (χ0n) is 12.8. The van der Waals surface area contributed by atoms with Gasteiger partial charge in [-0.25, -0.2) is 4.98 Å². The highest BCUT2D eigenvalue weighted by atomic mass is 16.3. The highest BCUT2D eigenvalue weighted by Crippen LogP contribution is 2.20. The van der Waals surface area contributed by atoms with Crippen LogP contribution in [0.25, 0.3) is 11.5 Å². The average Bonchev–Trinajstić information content (AvgIpc) is 2.89. The third-order valence-corrected chi connectivity index (χ3v) is 3.06. The predicted octanol–water partition coefficient (Wildman–Crippen LogP) is 2.49. The number of furan rings is 1. The van der Waals surface area contributed by atoms with E-state index in [9.17, 15) is 9.90 Å². The quantitative estimate of drug-likeness (QED) is 0.938. The summed E-state index contributed by atoms with van der Waals surface area (Å²) < 4.78 is 5.30. The number of hydrogen-bond acceptors (Lipinski definition) is 4. The SMILES string of the molecule is Cc1nc(-c2ccco2)ccc1C(=O)N(C)CC(C)(C)O. The Balaban J connectivity index is 2.23. The van der Waals surface area contributed by atoms with Gasteiger partial charge in [0.1, 0.15) is 5.69 Å². The van der Waals surface area contributed by atoms with E-state index in [1.165, 1.54) is 4.90 Å². The second-order valence-electron chi connectivity index (χ2n) is 5.78. The predicted molar refractivity (Wildman–Crippen MR) is 79.9 cm³/mol. The fourth-order valence-electron chi connectivity index (χ4n) is 2.21. The molecule has 0 aliphatic heterocycles. The van der Waals surface area contributed by atoms with Crippen LogP contribution in [0.4, 0.5) is 0 Å². The standard InChI is InChI=1S/C16H20N2O3/c1-11-12(15(19)18(4)10-16(2,3)20)7-8-13(17-11)14-6-5-9-21-14/h5-9,20H,10H2,1-4H3. The Labute approximate surface area is 124 Å². The summed E-state index contributed by atoms with van der Waals surface area (Å²) in [7, 11) is 1.67. The summed E-state index contributed by atoms with van der Waals surface area (Å²) in [5.74, 6) is 0.509. The van der Waals surface area contributed by atoms with Crippen molar-refractivity contribution in [3.05, 3.63) is 41.8 Å². The van der Waals surface area contributed by atoms with Crippen LogP contribution in [-0.4, -0.2) is 40.1 Å². The molecule has 5 nitrogen and oxygen atoms in total. The maximum absolute atomic E-state index is 12.4. The van der Waals surface area contributed by atoms with Gasteiger partial charge >= 0.3 is 0 Å². The van der Waals surface area contributed by atoms with Crippen LogP contribution < -0.4 is 0 Å². The zero-order valence-corrected chi connectivity index (χ0v) is 12.8. The number of likely N-dealkylation sites (N-methyl/N-ethyl adjacent to an activating group) is 1. The number of rotatable bonds is 4. The minimum absolute atomic E-state index is 0.159. The first-order valence-corrected chi connectivity index (χ1v) is 6.77. The van der Waals surface area contributed by atoms with Gasteiger partial charge in [0, 0.05) is 13.6 Å². The molecule has 2 aromatic rings. The molecule has 5 heteroatoms. The van der Waals surface area contributed by atoms with Gasteiger partial charge in [0.25, 0.3) is 5.91 Å². The van der Waals surface area contributed by atoms with Crippen molar-refractivity contribution in [2.24, 2.45) is 0 Å². The van der Waals surface area contributed by atoms with Crippen molar-refractivity contribution < 1.29 is 14.3 Å². The van der Waals surface area contributed by atoms with Gasteiger partial charge in [-0.3, -0.25) is 4.79 Å². The van der Waals surface area contributed by atoms with Crippen LogP contribution in [0.2, 0.25) is 0 Å². The molecule has 0 aliphatic carbocycles. The Hall–Kier alpha value is -2.14. The molecule has 0 spiro atoms. The normalized spacial score (nSPS) is 11.5. The van der Waals surface area contributed by atoms with E-state index < -0.39 is 5.60 Å². The van der Waals surface area contributed by atoms with Crippen molar-refractivity contribution in [2.75, 3.05) is 13.6 Å². The first kappa shape index (κ1) is 15.3. The summed E-state index contributed by atoms with van der Waals surface area (Å²) in [5.41, 5.74) is 0.924. The maximum Gasteiger partial charge on any atom is 0.255 e. The number of aliphatic hydroxyl groups is 1. The van der Waals surface area contributed by atoms with Gasteiger partial charge in [0.15, 0.2) is 5.76 Å². The number of carbonyl (C=O) groups excluding carboxylic acids is 1. The number of aromatic nitrogens is 1. The molecule has 1 N–H and O–H groups in total. The molecule has 2 rings (SSSR count). The van der Waals surface area contributed by atoms with Crippen LogP contribution in [0.1, 0.15) is 29.9 Å². The van der Waals surface area contributed by atoms with Crippen LogP contribution in [0, 0.1) is 6.92 Å². The van der Waals surface area contributed by atoms with Gasteiger partial charge < -0.3 is 14.4 Å². The van der Waals surface area contributed by atoms with Gasteiger partial charge in [-0.05, 0) is 45.0 Å². The molecule has 1 amide bonds. The molecule has 2 aromatic heterocycles. The van der Waals surface area contributed by atoms with E-state index in [1.54, 1.807) is 52.3 Å². The maximum atomic E-state index is 12.4. The van der Waals surface area contributed by atoms with Crippen molar-refractivity contribution in [2.45, 2.75) is 26.4 Å². The van der Waals surface area contributed by atoms with Gasteiger partial charge in [-0.15, -0.1) is 0 Å². The second kappa shape index (κ2) is 5.69. The fourth-order valence-corrected chi connectivity index (χ4v) is 2.21. The van der Waals surface area contributed by atoms with Crippen LogP contribution in [0.3, 0.4) is 0 Å². The Bertz CT molecular complexity index is 627. The van der Waals surface area contributed by atoms with E-state index in [1.807, 2.05) is 6.07 Å². The molecule has 0 aliphatic rings. The minimum Gasteiger partial charge on any atom is -0.463 e. The summed E-state index contributed by atoms with van der Waals surface area (Å²) in [4.78, 5) is 18.3. The van der Waals surface area contributed by atoms with Crippen molar-refractivity contribution in [1.29, 1.82) is 0 Å². The van der Waals surface area contributed by atoms with Crippen molar-refractivity contribution in [1.82, 2.24) is 9.88 Å². The molecule has 0 aromatic carbocycles. The summed E-state index contributed by atoms with van der Waals surface area (Å²) in [6.45, 7) is 5.38. The second-order valence-corrected chi connectivity index (χ2v) is 5.78. The largest absolute Gasteiger partial charge is 0.463 e. The van der Waals surface area contributed by atoms with Crippen molar-refractivity contribution >= 4 is 5.91 Å². The van der Waals surface area contributed by atoms with E-state index in [-0.39, 0.29) is 12.5 Å². The van der Waals surface area contributed by atoms with E-state index >= 15 is 0 Å². The first-order chi connectivity index (χ1) is 9.78. The van der Waals surface area contributed by atoms with Gasteiger partial charge in [0.05, 0.1) is 23.1 Å². The Kier molecular flexibility index (Phi) is 4.14. The van der Waals surface area contributed by atoms with Crippen LogP contribution in [0.15, 0.2) is 34.9 Å². The van der Waals surface area contributed by atoms with E-state index in [0.29, 0.717) is 22.7 Å². The lowest BCUT2D eigenvalue weighted by molar-refractivity contribution is 0.0367. The number of pyridine rings is 1. The molecule has 0 radical (unpaired) electrons. The molecule has 21 heavy (non-hydrogen) atoms. The van der Waals surface area contributed by atoms with Crippen LogP contribution in [0.5, 0.6) is 0 Å².